The lowest BCUT2D eigenvalue weighted by atomic mass is 10.1. The molecular formula is C13H28N2O2S. The zero-order valence-electron chi connectivity index (χ0n) is 12.1. The summed E-state index contributed by atoms with van der Waals surface area (Å²) >= 11 is 0. The fourth-order valence-electron chi connectivity index (χ4n) is 1.91. The minimum atomic E-state index is -3.20. The molecule has 5 heteroatoms. The van der Waals surface area contributed by atoms with Gasteiger partial charge in [0.15, 0.2) is 0 Å². The molecule has 0 aromatic carbocycles. The number of hydrogen-bond acceptors (Lipinski definition) is 3. The van der Waals surface area contributed by atoms with E-state index in [-0.39, 0.29) is 11.3 Å². The van der Waals surface area contributed by atoms with E-state index in [1.807, 2.05) is 20.8 Å². The van der Waals surface area contributed by atoms with Gasteiger partial charge in [0.1, 0.15) is 0 Å². The lowest BCUT2D eigenvalue weighted by molar-refractivity contribution is 0.484. The highest BCUT2D eigenvalue weighted by molar-refractivity contribution is 7.90. The van der Waals surface area contributed by atoms with Crippen LogP contribution in [0.15, 0.2) is 0 Å². The normalized spacial score (nSPS) is 20.1. The van der Waals surface area contributed by atoms with E-state index < -0.39 is 10.0 Å². The van der Waals surface area contributed by atoms with Gasteiger partial charge in [-0.3, -0.25) is 0 Å². The van der Waals surface area contributed by atoms with Gasteiger partial charge < -0.3 is 5.32 Å². The van der Waals surface area contributed by atoms with Crippen molar-refractivity contribution < 1.29 is 8.42 Å². The standard InChI is InChI=1S/C13H28N2O2S/c1-5-13(8-12-6-7-12)15-18(16,17)11(4)9-14-10(2)3/h10-15H,5-9H2,1-4H3. The molecule has 0 spiro atoms. The van der Waals surface area contributed by atoms with Crippen LogP contribution in [-0.4, -0.2) is 32.3 Å². The van der Waals surface area contributed by atoms with Crippen LogP contribution in [0.1, 0.15) is 53.4 Å². The molecular weight excluding hydrogens is 248 g/mol. The first kappa shape index (κ1) is 15.9. The van der Waals surface area contributed by atoms with E-state index >= 15 is 0 Å². The Balaban J connectivity index is 2.44. The first-order chi connectivity index (χ1) is 8.35. The highest BCUT2D eigenvalue weighted by atomic mass is 32.2. The summed E-state index contributed by atoms with van der Waals surface area (Å²) in [5, 5.41) is 2.80. The quantitative estimate of drug-likeness (QED) is 0.676. The van der Waals surface area contributed by atoms with Crippen LogP contribution in [0.3, 0.4) is 0 Å². The van der Waals surface area contributed by atoms with Crippen LogP contribution in [-0.2, 0) is 10.0 Å². The molecule has 0 aliphatic heterocycles. The van der Waals surface area contributed by atoms with E-state index in [9.17, 15) is 8.42 Å². The Labute approximate surface area is 112 Å². The summed E-state index contributed by atoms with van der Waals surface area (Å²) in [7, 11) is -3.20. The third-order valence-corrected chi connectivity index (χ3v) is 5.37. The van der Waals surface area contributed by atoms with Crippen LogP contribution in [0.5, 0.6) is 0 Å². The van der Waals surface area contributed by atoms with Gasteiger partial charge in [0.2, 0.25) is 10.0 Å². The van der Waals surface area contributed by atoms with E-state index in [1.165, 1.54) is 12.8 Å². The molecule has 1 fully saturated rings. The monoisotopic (exact) mass is 276 g/mol. The molecule has 0 bridgehead atoms. The molecule has 2 unspecified atom stereocenters. The number of sulfonamides is 1. The predicted octanol–water partition coefficient (Wildman–Crippen LogP) is 1.87. The van der Waals surface area contributed by atoms with Gasteiger partial charge in [0.25, 0.3) is 0 Å². The molecule has 2 N–H and O–H groups in total. The summed E-state index contributed by atoms with van der Waals surface area (Å²) in [6, 6.07) is 0.431. The summed E-state index contributed by atoms with van der Waals surface area (Å²) in [5.41, 5.74) is 0. The maximum Gasteiger partial charge on any atom is 0.215 e. The van der Waals surface area contributed by atoms with Crippen molar-refractivity contribution in [2.75, 3.05) is 6.54 Å². The SMILES string of the molecule is CCC(CC1CC1)NS(=O)(=O)C(C)CNC(C)C. The average Bonchev–Trinajstić information content (AvgIpc) is 3.08. The predicted molar refractivity (Wildman–Crippen MR) is 76.1 cm³/mol. The van der Waals surface area contributed by atoms with Crippen LogP contribution < -0.4 is 10.0 Å². The van der Waals surface area contributed by atoms with Gasteiger partial charge in [-0.05, 0) is 25.7 Å². The number of nitrogens with one attached hydrogen (secondary N) is 2. The Hall–Kier alpha value is -0.130. The maximum atomic E-state index is 12.2. The molecule has 0 saturated heterocycles. The van der Waals surface area contributed by atoms with Crippen LogP contribution in [0.2, 0.25) is 0 Å². The Morgan fingerprint density at radius 1 is 1.22 bits per heavy atom. The van der Waals surface area contributed by atoms with Crippen LogP contribution in [0.25, 0.3) is 0 Å². The zero-order valence-corrected chi connectivity index (χ0v) is 12.9. The molecule has 0 aromatic rings. The summed E-state index contributed by atoms with van der Waals surface area (Å²) in [4.78, 5) is 0. The number of hydrogen-bond donors (Lipinski definition) is 2. The molecule has 2 atom stereocenters. The smallest absolute Gasteiger partial charge is 0.215 e. The molecule has 4 nitrogen and oxygen atoms in total. The van der Waals surface area contributed by atoms with Crippen molar-refractivity contribution in [2.24, 2.45) is 5.92 Å². The summed E-state index contributed by atoms with van der Waals surface area (Å²) in [6.07, 6.45) is 4.41. The summed E-state index contributed by atoms with van der Waals surface area (Å²) in [6.45, 7) is 8.37. The minimum Gasteiger partial charge on any atom is -0.313 e. The van der Waals surface area contributed by atoms with Gasteiger partial charge >= 0.3 is 0 Å². The molecule has 108 valence electrons. The highest BCUT2D eigenvalue weighted by Crippen LogP contribution is 2.34. The molecule has 1 saturated carbocycles. The molecule has 0 radical (unpaired) electrons. The van der Waals surface area contributed by atoms with Gasteiger partial charge in [-0.2, -0.15) is 0 Å². The van der Waals surface area contributed by atoms with Crippen molar-refractivity contribution in [3.63, 3.8) is 0 Å². The van der Waals surface area contributed by atoms with Crippen molar-refractivity contribution in [3.05, 3.63) is 0 Å². The van der Waals surface area contributed by atoms with Gasteiger partial charge in [-0.1, -0.05) is 33.6 Å². The highest BCUT2D eigenvalue weighted by Gasteiger charge is 2.29. The van der Waals surface area contributed by atoms with Crippen molar-refractivity contribution >= 4 is 10.0 Å². The summed E-state index contributed by atoms with van der Waals surface area (Å²) in [5.74, 6) is 0.752. The first-order valence-electron chi connectivity index (χ1n) is 7.09. The third-order valence-electron chi connectivity index (χ3n) is 3.48. The number of rotatable bonds is 9. The first-order valence-corrected chi connectivity index (χ1v) is 8.64. The van der Waals surface area contributed by atoms with E-state index in [0.717, 1.165) is 18.8 Å². The molecule has 0 aromatic heterocycles. The molecule has 1 aliphatic rings. The average molecular weight is 276 g/mol. The van der Waals surface area contributed by atoms with E-state index in [1.54, 1.807) is 6.92 Å². The van der Waals surface area contributed by atoms with Crippen molar-refractivity contribution in [3.8, 4) is 0 Å². The lowest BCUT2D eigenvalue weighted by Gasteiger charge is -2.21. The second-order valence-corrected chi connectivity index (χ2v) is 7.95. The van der Waals surface area contributed by atoms with E-state index in [0.29, 0.717) is 12.6 Å². The summed E-state index contributed by atoms with van der Waals surface area (Å²) < 4.78 is 27.2. The maximum absolute atomic E-state index is 12.2. The Bertz CT molecular complexity index is 337. The van der Waals surface area contributed by atoms with Crippen molar-refractivity contribution in [1.29, 1.82) is 0 Å². The fraction of sp³-hybridized carbons (Fsp3) is 1.00. The molecule has 0 amide bonds. The van der Waals surface area contributed by atoms with Gasteiger partial charge in [-0.15, -0.1) is 0 Å². The van der Waals surface area contributed by atoms with Gasteiger partial charge in [-0.25, -0.2) is 13.1 Å². The largest absolute Gasteiger partial charge is 0.313 e. The lowest BCUT2D eigenvalue weighted by Crippen LogP contribution is -2.44. The van der Waals surface area contributed by atoms with Crippen LogP contribution in [0, 0.1) is 5.92 Å². The van der Waals surface area contributed by atoms with Crippen LogP contribution >= 0.6 is 0 Å². The molecule has 1 rings (SSSR count). The Morgan fingerprint density at radius 3 is 2.28 bits per heavy atom. The third kappa shape index (κ3) is 5.67. The van der Waals surface area contributed by atoms with Crippen molar-refractivity contribution in [2.45, 2.75) is 70.7 Å². The van der Waals surface area contributed by atoms with E-state index in [2.05, 4.69) is 10.0 Å². The fourth-order valence-corrected chi connectivity index (χ4v) is 3.19. The van der Waals surface area contributed by atoms with Crippen LogP contribution in [0.4, 0.5) is 0 Å². The Kier molecular flexibility index (Phi) is 6.08. The minimum absolute atomic E-state index is 0.115. The molecule has 1 aliphatic carbocycles. The van der Waals surface area contributed by atoms with Crippen molar-refractivity contribution in [1.82, 2.24) is 10.0 Å². The second-order valence-electron chi connectivity index (χ2n) is 5.82. The van der Waals surface area contributed by atoms with E-state index in [4.69, 9.17) is 0 Å². The Morgan fingerprint density at radius 2 is 1.83 bits per heavy atom. The van der Waals surface area contributed by atoms with Gasteiger partial charge in [0, 0.05) is 18.6 Å². The topological polar surface area (TPSA) is 58.2 Å². The second kappa shape index (κ2) is 6.87. The van der Waals surface area contributed by atoms with Gasteiger partial charge in [0.05, 0.1) is 5.25 Å². The molecule has 0 heterocycles. The zero-order chi connectivity index (χ0) is 13.8. The molecule has 18 heavy (non-hydrogen) atoms.